The zero-order valence-corrected chi connectivity index (χ0v) is 19.9. The number of nitrogens with two attached hydrogens (primary N) is 1. The SMILES string of the molecule is COc1cccc(-c2ccc3c(N)c(C(=O)CCCc4cc(C(F)(F)F)ccc4OC)sc3n2)c1. The minimum absolute atomic E-state index is 0.138. The minimum Gasteiger partial charge on any atom is -0.497 e. The van der Waals surface area contributed by atoms with Crippen molar-refractivity contribution in [1.29, 1.82) is 0 Å². The Balaban J connectivity index is 1.51. The van der Waals surface area contributed by atoms with Gasteiger partial charge in [-0.05, 0) is 60.9 Å². The summed E-state index contributed by atoms with van der Waals surface area (Å²) >= 11 is 1.22. The van der Waals surface area contributed by atoms with Crippen LogP contribution in [-0.2, 0) is 12.6 Å². The lowest BCUT2D eigenvalue weighted by Gasteiger charge is -2.12. The number of Topliss-reactive ketones (excluding diaryl/α,β-unsaturated/α-hetero) is 1. The van der Waals surface area contributed by atoms with E-state index in [2.05, 4.69) is 4.98 Å². The maximum Gasteiger partial charge on any atom is 0.416 e. The van der Waals surface area contributed by atoms with Crippen molar-refractivity contribution >= 4 is 33.0 Å². The summed E-state index contributed by atoms with van der Waals surface area (Å²) in [4.78, 5) is 18.6. The number of aryl methyl sites for hydroxylation is 1. The number of hydrogen-bond acceptors (Lipinski definition) is 6. The van der Waals surface area contributed by atoms with Crippen molar-refractivity contribution in [2.24, 2.45) is 0 Å². The first-order valence-corrected chi connectivity index (χ1v) is 11.6. The molecule has 2 heterocycles. The van der Waals surface area contributed by atoms with Crippen LogP contribution in [0, 0.1) is 0 Å². The van der Waals surface area contributed by atoms with E-state index in [1.165, 1.54) is 24.5 Å². The van der Waals surface area contributed by atoms with Crippen molar-refractivity contribution in [1.82, 2.24) is 4.98 Å². The highest BCUT2D eigenvalue weighted by molar-refractivity contribution is 7.21. The molecule has 0 atom stereocenters. The molecule has 0 radical (unpaired) electrons. The number of alkyl halides is 3. The molecule has 2 aromatic heterocycles. The number of anilines is 1. The van der Waals surface area contributed by atoms with Crippen molar-refractivity contribution in [3.63, 3.8) is 0 Å². The van der Waals surface area contributed by atoms with Crippen molar-refractivity contribution in [2.45, 2.75) is 25.4 Å². The third-order valence-corrected chi connectivity index (χ3v) is 6.83. The predicted molar refractivity (Wildman–Crippen MR) is 131 cm³/mol. The second kappa shape index (κ2) is 9.95. The molecule has 0 fully saturated rings. The van der Waals surface area contributed by atoms with Crippen LogP contribution in [0.5, 0.6) is 11.5 Å². The monoisotopic (exact) mass is 500 g/mol. The topological polar surface area (TPSA) is 74.4 Å². The van der Waals surface area contributed by atoms with Gasteiger partial charge in [0.2, 0.25) is 0 Å². The quantitative estimate of drug-likeness (QED) is 0.270. The average molecular weight is 501 g/mol. The number of ether oxygens (including phenoxy) is 2. The van der Waals surface area contributed by atoms with E-state index in [0.29, 0.717) is 44.3 Å². The summed E-state index contributed by atoms with van der Waals surface area (Å²) < 4.78 is 49.7. The smallest absolute Gasteiger partial charge is 0.416 e. The number of fused-ring (bicyclic) bond motifs is 1. The van der Waals surface area contributed by atoms with E-state index in [1.807, 2.05) is 36.4 Å². The first-order valence-electron chi connectivity index (χ1n) is 10.8. The van der Waals surface area contributed by atoms with Gasteiger partial charge in [-0.15, -0.1) is 11.3 Å². The molecule has 2 N–H and O–H groups in total. The molecule has 5 nitrogen and oxygen atoms in total. The number of benzene rings is 2. The Labute approximate surface area is 204 Å². The summed E-state index contributed by atoms with van der Waals surface area (Å²) in [6.45, 7) is 0. The van der Waals surface area contributed by atoms with Crippen LogP contribution in [0.3, 0.4) is 0 Å². The molecule has 0 aliphatic rings. The zero-order chi connectivity index (χ0) is 25.2. The Morgan fingerprint density at radius 2 is 1.86 bits per heavy atom. The summed E-state index contributed by atoms with van der Waals surface area (Å²) in [5, 5.41) is 0.699. The number of nitrogen functional groups attached to an aromatic ring is 1. The van der Waals surface area contributed by atoms with Crippen LogP contribution >= 0.6 is 11.3 Å². The van der Waals surface area contributed by atoms with Crippen LogP contribution in [0.4, 0.5) is 18.9 Å². The van der Waals surface area contributed by atoms with Gasteiger partial charge in [0, 0.05) is 17.4 Å². The fraction of sp³-hybridized carbons (Fsp3) is 0.231. The van der Waals surface area contributed by atoms with Crippen LogP contribution in [-0.4, -0.2) is 25.0 Å². The molecule has 0 spiro atoms. The fourth-order valence-corrected chi connectivity index (χ4v) is 4.91. The van der Waals surface area contributed by atoms with Crippen LogP contribution < -0.4 is 15.2 Å². The molecule has 4 aromatic rings. The van der Waals surface area contributed by atoms with Crippen molar-refractivity contribution in [3.05, 3.63) is 70.6 Å². The number of rotatable bonds is 8. The van der Waals surface area contributed by atoms with Gasteiger partial charge in [0.15, 0.2) is 5.78 Å². The van der Waals surface area contributed by atoms with Crippen molar-refractivity contribution in [2.75, 3.05) is 20.0 Å². The molecule has 0 saturated heterocycles. The minimum atomic E-state index is -4.45. The maximum atomic E-state index is 13.1. The van der Waals surface area contributed by atoms with E-state index < -0.39 is 11.7 Å². The molecule has 0 aliphatic carbocycles. The number of nitrogens with zero attached hydrogens (tertiary/aromatic N) is 1. The Morgan fingerprint density at radius 3 is 2.57 bits per heavy atom. The van der Waals surface area contributed by atoms with Gasteiger partial charge >= 0.3 is 6.18 Å². The lowest BCUT2D eigenvalue weighted by Crippen LogP contribution is -2.07. The number of hydrogen-bond donors (Lipinski definition) is 1. The van der Waals surface area contributed by atoms with Crippen LogP contribution in [0.15, 0.2) is 54.6 Å². The van der Waals surface area contributed by atoms with Gasteiger partial charge in [0.05, 0.1) is 36.0 Å². The van der Waals surface area contributed by atoms with Gasteiger partial charge in [-0.3, -0.25) is 4.79 Å². The summed E-state index contributed by atoms with van der Waals surface area (Å²) in [6.07, 6.45) is -3.69. The molecule has 0 bridgehead atoms. The van der Waals surface area contributed by atoms with E-state index >= 15 is 0 Å². The van der Waals surface area contributed by atoms with E-state index in [1.54, 1.807) is 7.11 Å². The van der Waals surface area contributed by atoms with Crippen molar-refractivity contribution in [3.8, 4) is 22.8 Å². The van der Waals surface area contributed by atoms with E-state index in [-0.39, 0.29) is 18.6 Å². The molecule has 2 aromatic carbocycles. The van der Waals surface area contributed by atoms with Crippen LogP contribution in [0.1, 0.15) is 33.6 Å². The molecule has 182 valence electrons. The summed E-state index contributed by atoms with van der Waals surface area (Å²) in [7, 11) is 3.00. The summed E-state index contributed by atoms with van der Waals surface area (Å²) in [5.41, 5.74) is 7.90. The number of carbonyl (C=O) groups excluding carboxylic acids is 1. The van der Waals surface area contributed by atoms with Gasteiger partial charge < -0.3 is 15.2 Å². The number of pyridine rings is 1. The van der Waals surface area contributed by atoms with Gasteiger partial charge in [-0.2, -0.15) is 13.2 Å². The summed E-state index contributed by atoms with van der Waals surface area (Å²) in [6, 6.07) is 14.5. The molecule has 0 saturated carbocycles. The number of thiophene rings is 1. The molecular weight excluding hydrogens is 477 g/mol. The highest BCUT2D eigenvalue weighted by Gasteiger charge is 2.31. The maximum absolute atomic E-state index is 13.1. The molecular formula is C26H23F3N2O3S. The Morgan fingerprint density at radius 1 is 1.06 bits per heavy atom. The first-order chi connectivity index (χ1) is 16.7. The lowest BCUT2D eigenvalue weighted by atomic mass is 10.0. The Kier molecular flexibility index (Phi) is 6.98. The average Bonchev–Trinajstić information content (AvgIpc) is 3.19. The number of halogens is 3. The molecule has 9 heteroatoms. The molecule has 0 unspecified atom stereocenters. The highest BCUT2D eigenvalue weighted by Crippen LogP contribution is 2.36. The zero-order valence-electron chi connectivity index (χ0n) is 19.1. The second-order valence-corrected chi connectivity index (χ2v) is 8.93. The molecule has 0 amide bonds. The van der Waals surface area contributed by atoms with E-state index in [9.17, 15) is 18.0 Å². The largest absolute Gasteiger partial charge is 0.497 e. The van der Waals surface area contributed by atoms with Gasteiger partial charge in [-0.25, -0.2) is 4.98 Å². The number of methoxy groups -OCH3 is 2. The molecule has 35 heavy (non-hydrogen) atoms. The van der Waals surface area contributed by atoms with E-state index in [0.717, 1.165) is 23.4 Å². The third-order valence-electron chi connectivity index (χ3n) is 5.67. The number of carbonyl (C=O) groups is 1. The fourth-order valence-electron chi connectivity index (χ4n) is 3.85. The Bertz CT molecular complexity index is 1380. The van der Waals surface area contributed by atoms with Gasteiger partial charge in [0.1, 0.15) is 16.3 Å². The number of ketones is 1. The first kappa shape index (κ1) is 24.5. The van der Waals surface area contributed by atoms with Crippen molar-refractivity contribution < 1.29 is 27.4 Å². The molecule has 4 rings (SSSR count). The van der Waals surface area contributed by atoms with Gasteiger partial charge in [0.25, 0.3) is 0 Å². The highest BCUT2D eigenvalue weighted by atomic mass is 32.1. The standard InChI is InChI=1S/C26H23F3N2O3S/c1-33-18-7-3-5-15(14-18)20-11-10-19-23(30)24(35-25(19)31-20)21(32)8-4-6-16-13-17(26(27,28)29)9-12-22(16)34-2/h3,5,7,9-14H,4,6,8,30H2,1-2H3. The second-order valence-electron chi connectivity index (χ2n) is 7.93. The summed E-state index contributed by atoms with van der Waals surface area (Å²) in [5.74, 6) is 0.906. The predicted octanol–water partition coefficient (Wildman–Crippen LogP) is 6.79. The normalized spacial score (nSPS) is 11.6. The van der Waals surface area contributed by atoms with Crippen LogP contribution in [0.2, 0.25) is 0 Å². The Hall–Kier alpha value is -3.59. The van der Waals surface area contributed by atoms with E-state index in [4.69, 9.17) is 15.2 Å². The third kappa shape index (κ3) is 5.24. The molecule has 0 aliphatic heterocycles. The number of aromatic nitrogens is 1. The lowest BCUT2D eigenvalue weighted by molar-refractivity contribution is -0.137. The van der Waals surface area contributed by atoms with Crippen LogP contribution in [0.25, 0.3) is 21.5 Å². The van der Waals surface area contributed by atoms with Gasteiger partial charge in [-0.1, -0.05) is 12.1 Å².